The number of hydrogen-bond donors (Lipinski definition) is 1. The van der Waals surface area contributed by atoms with E-state index in [4.69, 9.17) is 10.5 Å². The number of amides is 1. The lowest BCUT2D eigenvalue weighted by molar-refractivity contribution is -0.158. The number of anilines is 1. The zero-order valence-corrected chi connectivity index (χ0v) is 10.7. The first-order valence-electron chi connectivity index (χ1n) is 5.96. The Bertz CT molecular complexity index is 489. The summed E-state index contributed by atoms with van der Waals surface area (Å²) >= 11 is 0. The zero-order valence-electron chi connectivity index (χ0n) is 10.7. The monoisotopic (exact) mass is 264 g/mol. The number of benzene rings is 1. The summed E-state index contributed by atoms with van der Waals surface area (Å²) in [6.45, 7) is 0.954. The van der Waals surface area contributed by atoms with E-state index in [-0.39, 0.29) is 12.5 Å². The summed E-state index contributed by atoms with van der Waals surface area (Å²) in [7, 11) is 1.30. The van der Waals surface area contributed by atoms with Crippen molar-refractivity contribution in [1.82, 2.24) is 4.90 Å². The van der Waals surface area contributed by atoms with Crippen molar-refractivity contribution in [3.63, 3.8) is 0 Å². The van der Waals surface area contributed by atoms with Crippen molar-refractivity contribution in [3.8, 4) is 0 Å². The molecular weight excluding hydrogens is 248 g/mol. The van der Waals surface area contributed by atoms with Crippen LogP contribution in [-0.4, -0.2) is 49.7 Å². The zero-order chi connectivity index (χ0) is 13.8. The van der Waals surface area contributed by atoms with E-state index in [1.807, 2.05) is 0 Å². The van der Waals surface area contributed by atoms with Gasteiger partial charge in [-0.3, -0.25) is 4.79 Å². The second-order valence-electron chi connectivity index (χ2n) is 4.26. The lowest BCUT2D eigenvalue weighted by Gasteiger charge is -2.31. The summed E-state index contributed by atoms with van der Waals surface area (Å²) in [4.78, 5) is 25.3. The van der Waals surface area contributed by atoms with Crippen LogP contribution in [0.3, 0.4) is 0 Å². The fourth-order valence-corrected chi connectivity index (χ4v) is 1.96. The predicted octanol–water partition coefficient (Wildman–Crippen LogP) is 0.283. The van der Waals surface area contributed by atoms with Crippen LogP contribution in [0.5, 0.6) is 0 Å². The summed E-state index contributed by atoms with van der Waals surface area (Å²) in [6.07, 6.45) is -0.719. The molecule has 102 valence electrons. The Kier molecular flexibility index (Phi) is 4.01. The number of ether oxygens (including phenoxy) is 2. The van der Waals surface area contributed by atoms with Gasteiger partial charge in [-0.25, -0.2) is 4.79 Å². The van der Waals surface area contributed by atoms with Crippen LogP contribution in [-0.2, 0) is 14.3 Å². The van der Waals surface area contributed by atoms with E-state index in [1.54, 1.807) is 29.2 Å². The summed E-state index contributed by atoms with van der Waals surface area (Å²) in [5.74, 6) is -0.630. The van der Waals surface area contributed by atoms with Crippen LogP contribution in [0, 0.1) is 0 Å². The third-order valence-corrected chi connectivity index (χ3v) is 2.95. The molecule has 2 N–H and O–H groups in total. The van der Waals surface area contributed by atoms with Crippen LogP contribution < -0.4 is 5.73 Å². The molecule has 0 aromatic heterocycles. The highest BCUT2D eigenvalue weighted by molar-refractivity contribution is 5.95. The van der Waals surface area contributed by atoms with Crippen molar-refractivity contribution in [2.45, 2.75) is 6.10 Å². The largest absolute Gasteiger partial charge is 0.467 e. The number of morpholine rings is 1. The highest BCUT2D eigenvalue weighted by Crippen LogP contribution is 2.13. The summed E-state index contributed by atoms with van der Waals surface area (Å²) < 4.78 is 9.90. The Morgan fingerprint density at radius 3 is 2.95 bits per heavy atom. The lowest BCUT2D eigenvalue weighted by Crippen LogP contribution is -2.48. The molecule has 1 aliphatic rings. The minimum Gasteiger partial charge on any atom is -0.467 e. The second-order valence-corrected chi connectivity index (χ2v) is 4.26. The molecule has 6 heteroatoms. The first kappa shape index (κ1) is 13.4. The van der Waals surface area contributed by atoms with Crippen LogP contribution >= 0.6 is 0 Å². The average Bonchev–Trinajstić information content (AvgIpc) is 2.45. The van der Waals surface area contributed by atoms with Gasteiger partial charge in [0.15, 0.2) is 6.10 Å². The molecule has 1 fully saturated rings. The number of nitrogens with zero attached hydrogens (tertiary/aromatic N) is 1. The van der Waals surface area contributed by atoms with E-state index < -0.39 is 12.1 Å². The van der Waals surface area contributed by atoms with Crippen molar-refractivity contribution in [3.05, 3.63) is 29.8 Å². The van der Waals surface area contributed by atoms with Crippen molar-refractivity contribution in [2.75, 3.05) is 32.5 Å². The van der Waals surface area contributed by atoms with E-state index in [1.165, 1.54) is 7.11 Å². The summed E-state index contributed by atoms with van der Waals surface area (Å²) in [5, 5.41) is 0. The van der Waals surface area contributed by atoms with Crippen LogP contribution in [0.25, 0.3) is 0 Å². The van der Waals surface area contributed by atoms with Gasteiger partial charge in [0, 0.05) is 17.8 Å². The number of rotatable bonds is 2. The molecule has 1 aromatic carbocycles. The van der Waals surface area contributed by atoms with Crippen molar-refractivity contribution < 1.29 is 19.1 Å². The quantitative estimate of drug-likeness (QED) is 0.613. The topological polar surface area (TPSA) is 81.9 Å². The van der Waals surface area contributed by atoms with Gasteiger partial charge in [0.2, 0.25) is 0 Å². The molecule has 1 atom stereocenters. The highest BCUT2D eigenvalue weighted by Gasteiger charge is 2.30. The molecule has 1 heterocycles. The van der Waals surface area contributed by atoms with Crippen molar-refractivity contribution in [1.29, 1.82) is 0 Å². The normalized spacial score (nSPS) is 19.0. The Morgan fingerprint density at radius 2 is 2.26 bits per heavy atom. The minimum absolute atomic E-state index is 0.162. The third kappa shape index (κ3) is 3.03. The molecule has 0 spiro atoms. The van der Waals surface area contributed by atoms with Crippen molar-refractivity contribution >= 4 is 17.6 Å². The van der Waals surface area contributed by atoms with Gasteiger partial charge in [-0.15, -0.1) is 0 Å². The maximum Gasteiger partial charge on any atom is 0.336 e. The molecule has 0 saturated carbocycles. The Labute approximate surface area is 111 Å². The summed E-state index contributed by atoms with van der Waals surface area (Å²) in [6, 6.07) is 6.75. The molecule has 1 aliphatic heterocycles. The number of hydrogen-bond acceptors (Lipinski definition) is 5. The van der Waals surface area contributed by atoms with Crippen molar-refractivity contribution in [2.24, 2.45) is 0 Å². The number of nitrogen functional groups attached to an aromatic ring is 1. The van der Waals surface area contributed by atoms with Gasteiger partial charge in [0.25, 0.3) is 5.91 Å². The second kappa shape index (κ2) is 5.71. The SMILES string of the molecule is COC(=O)C1CN(C(=O)c2cccc(N)c2)CCO1. The number of methoxy groups -OCH3 is 1. The van der Waals surface area contributed by atoms with Gasteiger partial charge in [-0.05, 0) is 18.2 Å². The highest BCUT2D eigenvalue weighted by atomic mass is 16.6. The smallest absolute Gasteiger partial charge is 0.336 e. The van der Waals surface area contributed by atoms with E-state index in [2.05, 4.69) is 4.74 Å². The fourth-order valence-electron chi connectivity index (χ4n) is 1.96. The molecule has 0 radical (unpaired) electrons. The first-order chi connectivity index (χ1) is 9.11. The standard InChI is InChI=1S/C13H16N2O4/c1-18-13(17)11-8-15(5-6-19-11)12(16)9-3-2-4-10(14)7-9/h2-4,7,11H,5-6,8,14H2,1H3. The molecule has 1 unspecified atom stereocenters. The molecular formula is C13H16N2O4. The molecule has 0 bridgehead atoms. The minimum atomic E-state index is -0.719. The average molecular weight is 264 g/mol. The number of esters is 1. The van der Waals surface area contributed by atoms with E-state index in [9.17, 15) is 9.59 Å². The summed E-state index contributed by atoms with van der Waals surface area (Å²) in [5.41, 5.74) is 6.69. The lowest BCUT2D eigenvalue weighted by atomic mass is 10.1. The van der Waals surface area contributed by atoms with E-state index in [0.29, 0.717) is 24.4 Å². The molecule has 1 amide bonds. The van der Waals surface area contributed by atoms with Crippen LogP contribution in [0.2, 0.25) is 0 Å². The van der Waals surface area contributed by atoms with Crippen LogP contribution in [0.1, 0.15) is 10.4 Å². The molecule has 0 aliphatic carbocycles. The van der Waals surface area contributed by atoms with Gasteiger partial charge in [0.05, 0.1) is 20.3 Å². The number of nitrogens with two attached hydrogens (primary N) is 1. The molecule has 6 nitrogen and oxygen atoms in total. The predicted molar refractivity (Wildman–Crippen MR) is 68.5 cm³/mol. The maximum absolute atomic E-state index is 12.3. The van der Waals surface area contributed by atoms with Crippen LogP contribution in [0.15, 0.2) is 24.3 Å². The van der Waals surface area contributed by atoms with Gasteiger partial charge in [-0.2, -0.15) is 0 Å². The fraction of sp³-hybridized carbons (Fsp3) is 0.385. The Balaban J connectivity index is 2.09. The Hall–Kier alpha value is -2.08. The maximum atomic E-state index is 12.3. The van der Waals surface area contributed by atoms with Gasteiger partial charge >= 0.3 is 5.97 Å². The first-order valence-corrected chi connectivity index (χ1v) is 5.96. The molecule has 1 aromatic rings. The van der Waals surface area contributed by atoms with Gasteiger partial charge < -0.3 is 20.1 Å². The number of carbonyl (C=O) groups is 2. The molecule has 1 saturated heterocycles. The van der Waals surface area contributed by atoms with Crippen LogP contribution in [0.4, 0.5) is 5.69 Å². The van der Waals surface area contributed by atoms with Gasteiger partial charge in [-0.1, -0.05) is 6.07 Å². The van der Waals surface area contributed by atoms with Gasteiger partial charge in [0.1, 0.15) is 0 Å². The number of carbonyl (C=O) groups excluding carboxylic acids is 2. The molecule has 19 heavy (non-hydrogen) atoms. The Morgan fingerprint density at radius 1 is 1.47 bits per heavy atom. The van der Waals surface area contributed by atoms with E-state index in [0.717, 1.165) is 0 Å². The molecule has 2 rings (SSSR count). The van der Waals surface area contributed by atoms with E-state index >= 15 is 0 Å². The third-order valence-electron chi connectivity index (χ3n) is 2.95.